The third-order valence-corrected chi connectivity index (χ3v) is 0.311. The summed E-state index contributed by atoms with van der Waals surface area (Å²) in [5.74, 6) is 0. The van der Waals surface area contributed by atoms with Gasteiger partial charge in [0.15, 0.2) is 0 Å². The zero-order valence-corrected chi connectivity index (χ0v) is 9.84. The van der Waals surface area contributed by atoms with E-state index >= 15 is 0 Å². The van der Waals surface area contributed by atoms with Gasteiger partial charge in [0.1, 0.15) is 0 Å². The predicted molar refractivity (Wildman–Crippen MR) is 55.9 cm³/mol. The predicted octanol–water partition coefficient (Wildman–Crippen LogP) is -9.47. The van der Waals surface area contributed by atoms with Crippen LogP contribution in [0.3, 0.4) is 0 Å². The molecule has 0 radical (unpaired) electrons. The molecule has 0 amide bonds. The molecule has 0 saturated heterocycles. The first-order valence-electron chi connectivity index (χ1n) is 1.59. The Morgan fingerprint density at radius 3 is 0.895 bits per heavy atom. The Bertz CT molecular complexity index is 95.4. The Balaban J connectivity index is -0.00000000520. The molecule has 17 nitrogen and oxygen atoms in total. The van der Waals surface area contributed by atoms with Crippen molar-refractivity contribution in [3.05, 3.63) is 10.1 Å². The fraction of sp³-hybridized carbons (Fsp3) is 0. The molecular weight excluding hydrogens is 317 g/mol. The highest BCUT2D eigenvalue weighted by Gasteiger charge is 2.31. The molecule has 134 valence electrons. The lowest BCUT2D eigenvalue weighted by Gasteiger charge is -1.96. The Morgan fingerprint density at radius 2 is 0.895 bits per heavy atom. The summed E-state index contributed by atoms with van der Waals surface area (Å²) in [4.78, 5) is 30.8. The zero-order valence-electron chi connectivity index (χ0n) is 8.84. The topological polar surface area (TPSA) is 417 Å². The lowest BCUT2D eigenvalue weighted by molar-refractivity contribution is -0.742. The van der Waals surface area contributed by atoms with Crippen LogP contribution in [0.1, 0.15) is 0 Å². The Hall–Kier alpha value is -1.17. The van der Waals surface area contributed by atoms with E-state index < -0.39 is 14.1 Å². The fourth-order valence-corrected chi connectivity index (χ4v) is 0. The highest BCUT2D eigenvalue weighted by atomic mass is 28.4. The van der Waals surface area contributed by atoms with Crippen LogP contribution in [0.5, 0.6) is 0 Å². The zero-order chi connectivity index (χ0) is 8.78. The van der Waals surface area contributed by atoms with Crippen molar-refractivity contribution in [1.82, 2.24) is 0 Å². The first-order chi connectivity index (χ1) is 4.29. The summed E-state index contributed by atoms with van der Waals surface area (Å²) in [6, 6.07) is 0. The minimum absolute atomic E-state index is 0. The van der Waals surface area contributed by atoms with Gasteiger partial charge in [-0.2, -0.15) is 4.63 Å². The van der Waals surface area contributed by atoms with E-state index in [1.807, 2.05) is 0 Å². The fourth-order valence-electron chi connectivity index (χ4n) is 0. The monoisotopic (exact) mass is 339 g/mol. The van der Waals surface area contributed by atoms with Gasteiger partial charge in [-0.05, 0) is 0 Å². The normalized spacial score (nSPS) is 5.05. The summed E-state index contributed by atoms with van der Waals surface area (Å²) in [5, 5.41) is 13.6. The third-order valence-electron chi connectivity index (χ3n) is 0.104. The summed E-state index contributed by atoms with van der Waals surface area (Å²) in [7, 11) is -4.80. The van der Waals surface area contributed by atoms with Crippen LogP contribution in [0, 0.1) is 10.1 Å². The molecule has 0 aliphatic carbocycles. The van der Waals surface area contributed by atoms with Gasteiger partial charge in [0.2, 0.25) is 0 Å². The number of rotatable bonds is 1. The van der Waals surface area contributed by atoms with Crippen molar-refractivity contribution < 1.29 is 83.1 Å². The second-order valence-corrected chi connectivity index (χ2v) is 2.19. The Labute approximate surface area is 104 Å². The van der Waals surface area contributed by atoms with Gasteiger partial charge in [0.25, 0.3) is 5.09 Å². The number of halogens is 1. The van der Waals surface area contributed by atoms with Gasteiger partial charge in [-0.15, -0.1) is 10.1 Å². The van der Waals surface area contributed by atoms with Crippen LogP contribution in [0.2, 0.25) is 0 Å². The van der Waals surface area contributed by atoms with Gasteiger partial charge in [-0.3, -0.25) is 0 Å². The van der Waals surface area contributed by atoms with E-state index in [1.54, 1.807) is 0 Å². The third kappa shape index (κ3) is 1110. The molecule has 0 aromatic rings. The standard InChI is InChI=1S/FH3O4Si.HNO3.9H2O/c1-5-6(2,3)4;2-1(3)4;;;;;;;;;/h2-4H;(H,2,3,4);9*1H2. The molecule has 0 spiro atoms. The smallest absolute Gasteiger partial charge is 0.412 e. The number of hydrogen-bond acceptors (Lipinski definition) is 6. The van der Waals surface area contributed by atoms with Crippen molar-refractivity contribution in [3.63, 3.8) is 0 Å². The quantitative estimate of drug-likeness (QED) is 0.202. The van der Waals surface area contributed by atoms with E-state index in [0.717, 1.165) is 0 Å². The highest BCUT2D eigenvalue weighted by molar-refractivity contribution is 6.48. The second kappa shape index (κ2) is 54.1. The Morgan fingerprint density at radius 1 is 0.842 bits per heavy atom. The lowest BCUT2D eigenvalue weighted by Crippen LogP contribution is -2.35. The van der Waals surface area contributed by atoms with E-state index in [-0.39, 0.29) is 49.3 Å². The van der Waals surface area contributed by atoms with Crippen molar-refractivity contribution in [2.24, 2.45) is 0 Å². The average Bonchev–Trinajstić information content (AvgIpc) is 1.63. The van der Waals surface area contributed by atoms with Crippen molar-refractivity contribution in [3.8, 4) is 0 Å². The van der Waals surface area contributed by atoms with E-state index in [2.05, 4.69) is 4.63 Å². The van der Waals surface area contributed by atoms with Crippen LogP contribution in [-0.4, -0.2) is 83.0 Å². The van der Waals surface area contributed by atoms with Gasteiger partial charge in [-0.25, -0.2) is 0 Å². The summed E-state index contributed by atoms with van der Waals surface area (Å²) >= 11 is 0. The van der Waals surface area contributed by atoms with Gasteiger partial charge in [0.05, 0.1) is 0 Å². The van der Waals surface area contributed by atoms with E-state index in [1.165, 1.54) is 0 Å². The molecule has 0 fully saturated rings. The molecule has 0 unspecified atom stereocenters. The molecule has 0 heterocycles. The molecule has 0 aliphatic heterocycles. The maximum absolute atomic E-state index is 10.3. The maximum atomic E-state index is 10.3. The van der Waals surface area contributed by atoms with Crippen LogP contribution in [0.15, 0.2) is 0 Å². The first-order valence-corrected chi connectivity index (χ1v) is 3.34. The molecule has 19 heavy (non-hydrogen) atoms. The largest absolute Gasteiger partial charge is 0.703 e. The molecular formula is H22FNO16Si. The Kier molecular flexibility index (Phi) is 308. The summed E-state index contributed by atoms with van der Waals surface area (Å²) < 4.78 is 12.6. The van der Waals surface area contributed by atoms with Gasteiger partial charge >= 0.3 is 9.05 Å². The van der Waals surface area contributed by atoms with Crippen LogP contribution in [-0.2, 0) is 4.63 Å². The first kappa shape index (κ1) is 108. The second-order valence-electron chi connectivity index (χ2n) is 0.889. The maximum Gasteiger partial charge on any atom is 0.703 e. The van der Waals surface area contributed by atoms with Crippen molar-refractivity contribution in [1.29, 1.82) is 0 Å². The molecule has 0 saturated carbocycles. The van der Waals surface area contributed by atoms with Crippen molar-refractivity contribution in [2.45, 2.75) is 0 Å². The molecule has 19 heteroatoms. The van der Waals surface area contributed by atoms with Gasteiger partial charge in [-0.1, -0.05) is 4.53 Å². The average molecular weight is 339 g/mol. The lowest BCUT2D eigenvalue weighted by atomic mass is 13.1. The molecule has 0 rings (SSSR count). The number of hydrogen-bond donors (Lipinski definition) is 4. The number of nitrogens with zero attached hydrogens (tertiary/aromatic N) is 1. The summed E-state index contributed by atoms with van der Waals surface area (Å²) in [6.45, 7) is 0. The van der Waals surface area contributed by atoms with Crippen molar-refractivity contribution >= 4 is 9.05 Å². The van der Waals surface area contributed by atoms with Crippen LogP contribution >= 0.6 is 0 Å². The molecule has 0 aliphatic rings. The van der Waals surface area contributed by atoms with Crippen LogP contribution in [0.4, 0.5) is 4.53 Å². The van der Waals surface area contributed by atoms with Gasteiger partial charge < -0.3 is 68.9 Å². The molecule has 0 aromatic heterocycles. The molecule has 0 bridgehead atoms. The SMILES string of the molecule is O.O.O.O.O.O.O.O.O.O=[N+]([O-])O.O[Si](O)(O)OF. The van der Waals surface area contributed by atoms with E-state index in [4.69, 9.17) is 29.7 Å². The minimum atomic E-state index is -4.80. The van der Waals surface area contributed by atoms with Crippen molar-refractivity contribution in [2.75, 3.05) is 0 Å². The van der Waals surface area contributed by atoms with E-state index in [9.17, 15) is 4.53 Å². The minimum Gasteiger partial charge on any atom is -0.412 e. The highest BCUT2D eigenvalue weighted by Crippen LogP contribution is 1.85. The summed E-state index contributed by atoms with van der Waals surface area (Å²) in [5.41, 5.74) is 0. The summed E-state index contributed by atoms with van der Waals surface area (Å²) in [6.07, 6.45) is 0. The molecule has 0 atom stereocenters. The molecule has 0 aromatic carbocycles. The van der Waals surface area contributed by atoms with Crippen LogP contribution in [0.25, 0.3) is 0 Å². The van der Waals surface area contributed by atoms with E-state index in [0.29, 0.717) is 0 Å². The van der Waals surface area contributed by atoms with Crippen LogP contribution < -0.4 is 0 Å². The molecule has 22 N–H and O–H groups in total. The van der Waals surface area contributed by atoms with Gasteiger partial charge in [0, 0.05) is 0 Å².